The molecule has 0 radical (unpaired) electrons. The molecule has 2 unspecified atom stereocenters. The monoisotopic (exact) mass is 1370 g/mol. The van der Waals surface area contributed by atoms with E-state index >= 15 is 0 Å². The zero-order valence-corrected chi connectivity index (χ0v) is 62.0. The Morgan fingerprint density at radius 1 is 0.258 bits per heavy atom. The van der Waals surface area contributed by atoms with Gasteiger partial charge in [0.2, 0.25) is 0 Å². The minimum Gasteiger partial charge on any atom is -0.462 e. The third kappa shape index (κ3) is 68.4. The predicted molar refractivity (Wildman–Crippen MR) is 377 cm³/mol. The van der Waals surface area contributed by atoms with E-state index in [1.54, 1.807) is 0 Å². The minimum atomic E-state index is -4.95. The highest BCUT2D eigenvalue weighted by molar-refractivity contribution is 7.47. The molecule has 0 aliphatic rings. The van der Waals surface area contributed by atoms with Crippen LogP contribution in [0.2, 0.25) is 0 Å². The molecule has 0 fully saturated rings. The van der Waals surface area contributed by atoms with Gasteiger partial charge in [-0.15, -0.1) is 0 Å². The molecule has 93 heavy (non-hydrogen) atoms. The standard InChI is InChI=1S/C74H144O17P2/c1-5-9-13-17-21-24-27-30-32-34-36-39-42-45-49-53-57-61-74(79)91-70(65-85-72(77)59-55-51-47-43-40-38-35-33-31-28-25-22-18-14-10-6-2)67-89-93(82,83)87-63-68(75)62-86-92(80,81)88-66-69(64-84-71(76)58-54-50-46-20-16-12-8-4)90-73(78)60-56-52-48-44-41-37-29-26-23-19-15-11-7-3/h68-70,75H,5-67H2,1-4H3,(H,80,81)(H,82,83)/t68-,69+,70+/m0/s1. The third-order valence-electron chi connectivity index (χ3n) is 17.4. The molecule has 0 spiro atoms. The average molecular weight is 1370 g/mol. The maximum atomic E-state index is 13.1. The van der Waals surface area contributed by atoms with Crippen LogP contribution in [0.4, 0.5) is 0 Å². The maximum Gasteiger partial charge on any atom is 0.472 e. The van der Waals surface area contributed by atoms with Crippen molar-refractivity contribution in [2.24, 2.45) is 0 Å². The van der Waals surface area contributed by atoms with Crippen LogP contribution in [-0.2, 0) is 65.4 Å². The Balaban J connectivity index is 5.19. The molecule has 17 nitrogen and oxygen atoms in total. The highest BCUT2D eigenvalue weighted by Gasteiger charge is 2.30. The second kappa shape index (κ2) is 68.6. The number of ether oxygens (including phenoxy) is 4. The van der Waals surface area contributed by atoms with Crippen molar-refractivity contribution in [3.63, 3.8) is 0 Å². The Morgan fingerprint density at radius 2 is 0.430 bits per heavy atom. The number of phosphoric ester groups is 2. The number of hydrogen-bond donors (Lipinski definition) is 3. The first kappa shape index (κ1) is 91.1. The van der Waals surface area contributed by atoms with E-state index < -0.39 is 97.5 Å². The maximum absolute atomic E-state index is 13.1. The van der Waals surface area contributed by atoms with E-state index in [2.05, 4.69) is 27.7 Å². The molecular weight excluding hydrogens is 1220 g/mol. The van der Waals surface area contributed by atoms with Crippen molar-refractivity contribution in [2.75, 3.05) is 39.6 Å². The van der Waals surface area contributed by atoms with Gasteiger partial charge in [0.05, 0.1) is 26.4 Å². The van der Waals surface area contributed by atoms with Crippen LogP contribution in [0.15, 0.2) is 0 Å². The number of phosphoric acid groups is 2. The molecule has 0 amide bonds. The van der Waals surface area contributed by atoms with E-state index in [0.29, 0.717) is 25.7 Å². The van der Waals surface area contributed by atoms with Crippen LogP contribution in [0.25, 0.3) is 0 Å². The van der Waals surface area contributed by atoms with E-state index in [-0.39, 0.29) is 25.7 Å². The second-order valence-electron chi connectivity index (χ2n) is 26.7. The topological polar surface area (TPSA) is 237 Å². The lowest BCUT2D eigenvalue weighted by Gasteiger charge is -2.21. The molecule has 0 aliphatic carbocycles. The average Bonchev–Trinajstić information content (AvgIpc) is 3.10. The first-order valence-corrected chi connectivity index (χ1v) is 41.8. The smallest absolute Gasteiger partial charge is 0.462 e. The molecule has 0 bridgehead atoms. The largest absolute Gasteiger partial charge is 0.472 e. The molecule has 19 heteroatoms. The number of hydrogen-bond acceptors (Lipinski definition) is 15. The first-order valence-electron chi connectivity index (χ1n) is 38.8. The van der Waals surface area contributed by atoms with Gasteiger partial charge in [0.1, 0.15) is 19.3 Å². The number of aliphatic hydroxyl groups excluding tert-OH is 1. The van der Waals surface area contributed by atoms with Crippen LogP contribution in [0.5, 0.6) is 0 Å². The molecule has 5 atom stereocenters. The molecule has 552 valence electrons. The van der Waals surface area contributed by atoms with Crippen molar-refractivity contribution in [3.8, 4) is 0 Å². The number of rotatable bonds is 75. The van der Waals surface area contributed by atoms with Gasteiger partial charge in [0.15, 0.2) is 12.2 Å². The van der Waals surface area contributed by atoms with Gasteiger partial charge in [-0.25, -0.2) is 9.13 Å². The van der Waals surface area contributed by atoms with Crippen molar-refractivity contribution >= 4 is 39.5 Å². The summed E-state index contributed by atoms with van der Waals surface area (Å²) >= 11 is 0. The Hall–Kier alpha value is -1.94. The van der Waals surface area contributed by atoms with Crippen molar-refractivity contribution < 1.29 is 80.2 Å². The summed E-state index contributed by atoms with van der Waals surface area (Å²) < 4.78 is 68.4. The van der Waals surface area contributed by atoms with E-state index in [0.717, 1.165) is 103 Å². The fraction of sp³-hybridized carbons (Fsp3) is 0.946. The third-order valence-corrected chi connectivity index (χ3v) is 19.3. The predicted octanol–water partition coefficient (Wildman–Crippen LogP) is 21.8. The number of carbonyl (C=O) groups excluding carboxylic acids is 4. The fourth-order valence-electron chi connectivity index (χ4n) is 11.4. The normalized spacial score (nSPS) is 13.9. The number of carbonyl (C=O) groups is 4. The Morgan fingerprint density at radius 3 is 0.634 bits per heavy atom. The molecule has 0 aromatic heterocycles. The molecule has 0 aromatic rings. The summed E-state index contributed by atoms with van der Waals surface area (Å²) in [4.78, 5) is 72.6. The second-order valence-corrected chi connectivity index (χ2v) is 29.6. The summed E-state index contributed by atoms with van der Waals surface area (Å²) in [6, 6.07) is 0. The first-order chi connectivity index (χ1) is 45.2. The molecule has 0 aromatic carbocycles. The molecule has 0 saturated heterocycles. The quantitative estimate of drug-likeness (QED) is 0.0222. The lowest BCUT2D eigenvalue weighted by atomic mass is 10.0. The molecule has 3 N–H and O–H groups in total. The SMILES string of the molecule is CCCCCCCCCCCCCCCCCCCC(=O)O[C@H](COC(=O)CCCCCCCCCCCCCCCCCC)COP(=O)(O)OC[C@@H](O)COP(=O)(O)OC[C@@H](COC(=O)CCCCCCCCC)OC(=O)CCCCCCCCCCCCCCC. The van der Waals surface area contributed by atoms with Gasteiger partial charge in [-0.2, -0.15) is 0 Å². The Kier molecular flexibility index (Phi) is 67.1. The summed E-state index contributed by atoms with van der Waals surface area (Å²) in [6.45, 7) is 4.94. The van der Waals surface area contributed by atoms with E-state index in [9.17, 15) is 43.2 Å². The molecule has 0 aliphatic heterocycles. The molecule has 0 rings (SSSR count). The lowest BCUT2D eigenvalue weighted by Crippen LogP contribution is -2.30. The Bertz CT molecular complexity index is 1770. The van der Waals surface area contributed by atoms with E-state index in [4.69, 9.17) is 37.0 Å². The van der Waals surface area contributed by atoms with Gasteiger partial charge >= 0.3 is 39.5 Å². The highest BCUT2D eigenvalue weighted by atomic mass is 31.2. The molecule has 0 heterocycles. The van der Waals surface area contributed by atoms with Crippen molar-refractivity contribution in [3.05, 3.63) is 0 Å². The van der Waals surface area contributed by atoms with Crippen LogP contribution in [0.1, 0.15) is 394 Å². The summed E-state index contributed by atoms with van der Waals surface area (Å²) in [5.74, 6) is -2.12. The van der Waals surface area contributed by atoms with Gasteiger partial charge in [-0.3, -0.25) is 37.3 Å². The van der Waals surface area contributed by atoms with Crippen molar-refractivity contribution in [1.29, 1.82) is 0 Å². The highest BCUT2D eigenvalue weighted by Crippen LogP contribution is 2.45. The summed E-state index contributed by atoms with van der Waals surface area (Å²) in [7, 11) is -9.90. The summed E-state index contributed by atoms with van der Waals surface area (Å²) in [5.41, 5.74) is 0. The van der Waals surface area contributed by atoms with Crippen LogP contribution in [0, 0.1) is 0 Å². The summed E-state index contributed by atoms with van der Waals surface area (Å²) in [6.07, 6.45) is 58.3. The van der Waals surface area contributed by atoms with Crippen molar-refractivity contribution in [2.45, 2.75) is 412 Å². The molecule has 0 saturated carbocycles. The van der Waals surface area contributed by atoms with Gasteiger partial charge < -0.3 is 33.8 Å². The number of esters is 4. The lowest BCUT2D eigenvalue weighted by molar-refractivity contribution is -0.161. The van der Waals surface area contributed by atoms with Crippen molar-refractivity contribution in [1.82, 2.24) is 0 Å². The van der Waals surface area contributed by atoms with Crippen LogP contribution in [0.3, 0.4) is 0 Å². The van der Waals surface area contributed by atoms with Gasteiger partial charge in [0.25, 0.3) is 0 Å². The molecular formula is C74H144O17P2. The van der Waals surface area contributed by atoms with Crippen LogP contribution < -0.4 is 0 Å². The van der Waals surface area contributed by atoms with Crippen LogP contribution in [-0.4, -0.2) is 96.7 Å². The van der Waals surface area contributed by atoms with E-state index in [1.165, 1.54) is 212 Å². The zero-order chi connectivity index (χ0) is 68.2. The number of unbranched alkanes of at least 4 members (excludes halogenated alkanes) is 49. The fourth-order valence-corrected chi connectivity index (χ4v) is 13.0. The Labute approximate surface area is 568 Å². The summed E-state index contributed by atoms with van der Waals surface area (Å²) in [5, 5.41) is 10.6. The zero-order valence-electron chi connectivity index (χ0n) is 60.2. The minimum absolute atomic E-state index is 0.108. The van der Waals surface area contributed by atoms with Crippen LogP contribution >= 0.6 is 15.6 Å². The van der Waals surface area contributed by atoms with Gasteiger partial charge in [-0.1, -0.05) is 342 Å². The van der Waals surface area contributed by atoms with E-state index in [1.807, 2.05) is 0 Å². The van der Waals surface area contributed by atoms with Gasteiger partial charge in [-0.05, 0) is 25.7 Å². The van der Waals surface area contributed by atoms with Gasteiger partial charge in [0, 0.05) is 25.7 Å². The number of aliphatic hydroxyl groups is 1.